The second-order valence-electron chi connectivity index (χ2n) is 5.87. The first kappa shape index (κ1) is 19.2. The number of carbonyl (C=O) groups is 1. The van der Waals surface area contributed by atoms with Crippen LogP contribution in [0.4, 0.5) is 0 Å². The van der Waals surface area contributed by atoms with Crippen LogP contribution in [-0.2, 0) is 25.1 Å². The number of aliphatic hydroxyl groups excluding tert-OH is 1. The number of hydrogen-bond acceptors (Lipinski definition) is 6. The van der Waals surface area contributed by atoms with Crippen LogP contribution < -0.4 is 0 Å². The number of aliphatic hydroxyl groups is 1. The van der Waals surface area contributed by atoms with Crippen LogP contribution in [0.25, 0.3) is 0 Å². The van der Waals surface area contributed by atoms with E-state index in [1.54, 1.807) is 38.1 Å². The lowest BCUT2D eigenvalue weighted by Gasteiger charge is -2.17. The third-order valence-electron chi connectivity index (χ3n) is 3.92. The summed E-state index contributed by atoms with van der Waals surface area (Å²) in [4.78, 5) is 11.9. The molecule has 1 aromatic heterocycles. The van der Waals surface area contributed by atoms with Crippen molar-refractivity contribution in [2.24, 2.45) is 0 Å². The molecule has 0 saturated carbocycles. The van der Waals surface area contributed by atoms with Gasteiger partial charge in [-0.05, 0) is 32.0 Å². The lowest BCUT2D eigenvalue weighted by molar-refractivity contribution is -0.154. The SMILES string of the molecule is CCOC(=O)[C@@H](O)[C@H](C)c1occc1CS(=O)(=O)c1ccc(C)cc1. The summed E-state index contributed by atoms with van der Waals surface area (Å²) >= 11 is 0. The smallest absolute Gasteiger partial charge is 0.335 e. The maximum absolute atomic E-state index is 12.6. The first-order valence-corrected chi connectivity index (χ1v) is 9.62. The van der Waals surface area contributed by atoms with E-state index in [1.807, 2.05) is 6.92 Å². The van der Waals surface area contributed by atoms with Gasteiger partial charge in [-0.2, -0.15) is 0 Å². The molecular formula is C18H22O6S. The Kier molecular flexibility index (Phi) is 6.02. The molecule has 2 atom stereocenters. The van der Waals surface area contributed by atoms with Crippen molar-refractivity contribution in [1.29, 1.82) is 0 Å². The second-order valence-corrected chi connectivity index (χ2v) is 7.86. The molecule has 2 aromatic rings. The maximum Gasteiger partial charge on any atom is 0.335 e. The highest BCUT2D eigenvalue weighted by Gasteiger charge is 2.30. The Balaban J connectivity index is 2.24. The zero-order valence-electron chi connectivity index (χ0n) is 14.4. The normalized spacial score (nSPS) is 14.1. The van der Waals surface area contributed by atoms with E-state index in [1.165, 1.54) is 12.3 Å². The summed E-state index contributed by atoms with van der Waals surface area (Å²) in [5.41, 5.74) is 1.38. The van der Waals surface area contributed by atoms with Gasteiger partial charge in [-0.3, -0.25) is 0 Å². The number of ether oxygens (including phenoxy) is 1. The van der Waals surface area contributed by atoms with Crippen molar-refractivity contribution in [3.63, 3.8) is 0 Å². The number of sulfone groups is 1. The summed E-state index contributed by atoms with van der Waals surface area (Å²) in [7, 11) is -3.57. The third kappa shape index (κ3) is 4.49. The van der Waals surface area contributed by atoms with Crippen LogP contribution in [0.2, 0.25) is 0 Å². The molecule has 1 heterocycles. The van der Waals surface area contributed by atoms with Gasteiger partial charge in [0, 0.05) is 5.56 Å². The fourth-order valence-corrected chi connectivity index (χ4v) is 3.84. The van der Waals surface area contributed by atoms with Crippen LogP contribution in [0.3, 0.4) is 0 Å². The molecule has 7 heteroatoms. The van der Waals surface area contributed by atoms with E-state index in [4.69, 9.17) is 9.15 Å². The number of benzene rings is 1. The predicted molar refractivity (Wildman–Crippen MR) is 91.8 cm³/mol. The predicted octanol–water partition coefficient (Wildman–Crippen LogP) is 2.59. The Labute approximate surface area is 147 Å². The van der Waals surface area contributed by atoms with Gasteiger partial charge in [0.15, 0.2) is 15.9 Å². The van der Waals surface area contributed by atoms with E-state index in [-0.39, 0.29) is 23.0 Å². The van der Waals surface area contributed by atoms with Crippen molar-refractivity contribution in [2.45, 2.75) is 43.4 Å². The van der Waals surface area contributed by atoms with Crippen molar-refractivity contribution in [2.75, 3.05) is 6.61 Å². The average Bonchev–Trinajstić information content (AvgIpc) is 3.01. The summed E-state index contributed by atoms with van der Waals surface area (Å²) in [5.74, 6) is -1.51. The van der Waals surface area contributed by atoms with E-state index in [9.17, 15) is 18.3 Å². The highest BCUT2D eigenvalue weighted by Crippen LogP contribution is 2.28. The molecule has 0 aliphatic rings. The second kappa shape index (κ2) is 7.84. The molecule has 0 unspecified atom stereocenters. The number of carbonyl (C=O) groups excluding carboxylic acids is 1. The van der Waals surface area contributed by atoms with Crippen molar-refractivity contribution in [3.05, 3.63) is 53.5 Å². The fourth-order valence-electron chi connectivity index (χ4n) is 2.48. The van der Waals surface area contributed by atoms with Crippen LogP contribution in [0.5, 0.6) is 0 Å². The molecule has 1 N–H and O–H groups in total. The van der Waals surface area contributed by atoms with E-state index in [0.29, 0.717) is 5.56 Å². The number of aryl methyl sites for hydroxylation is 1. The highest BCUT2D eigenvalue weighted by atomic mass is 32.2. The van der Waals surface area contributed by atoms with Crippen molar-refractivity contribution < 1.29 is 27.5 Å². The van der Waals surface area contributed by atoms with Gasteiger partial charge < -0.3 is 14.3 Å². The lowest BCUT2D eigenvalue weighted by Crippen LogP contribution is -2.28. The van der Waals surface area contributed by atoms with Gasteiger partial charge in [0.25, 0.3) is 0 Å². The molecule has 2 rings (SSSR count). The first-order chi connectivity index (χ1) is 11.8. The Morgan fingerprint density at radius 2 is 1.88 bits per heavy atom. The number of rotatable bonds is 7. The van der Waals surface area contributed by atoms with Crippen LogP contribution >= 0.6 is 0 Å². The Morgan fingerprint density at radius 1 is 1.24 bits per heavy atom. The van der Waals surface area contributed by atoms with E-state index < -0.39 is 27.8 Å². The molecule has 136 valence electrons. The summed E-state index contributed by atoms with van der Waals surface area (Å²) in [6, 6.07) is 8.12. The molecule has 0 radical (unpaired) electrons. The average molecular weight is 366 g/mol. The van der Waals surface area contributed by atoms with E-state index in [2.05, 4.69) is 0 Å². The molecule has 0 aliphatic carbocycles. The Morgan fingerprint density at radius 3 is 2.48 bits per heavy atom. The summed E-state index contributed by atoms with van der Waals surface area (Å²) in [6.45, 7) is 5.25. The minimum absolute atomic E-state index is 0.148. The highest BCUT2D eigenvalue weighted by molar-refractivity contribution is 7.90. The largest absolute Gasteiger partial charge is 0.469 e. The minimum atomic E-state index is -3.57. The van der Waals surface area contributed by atoms with Gasteiger partial charge in [-0.15, -0.1) is 0 Å². The molecule has 0 saturated heterocycles. The standard InChI is InChI=1S/C18H22O6S/c1-4-23-18(20)16(19)13(3)17-14(9-10-24-17)11-25(21,22)15-7-5-12(2)6-8-15/h5-10,13,16,19H,4,11H2,1-3H3/t13-,16-/m0/s1. The topological polar surface area (TPSA) is 93.8 Å². The van der Waals surface area contributed by atoms with Crippen LogP contribution in [0, 0.1) is 6.92 Å². The van der Waals surface area contributed by atoms with Crippen LogP contribution in [0.1, 0.15) is 36.7 Å². The minimum Gasteiger partial charge on any atom is -0.469 e. The van der Waals surface area contributed by atoms with Crippen molar-refractivity contribution >= 4 is 15.8 Å². The quantitative estimate of drug-likeness (QED) is 0.757. The van der Waals surface area contributed by atoms with Crippen LogP contribution in [0.15, 0.2) is 45.9 Å². The van der Waals surface area contributed by atoms with Gasteiger partial charge in [0.1, 0.15) is 5.76 Å². The molecule has 0 amide bonds. The molecule has 6 nitrogen and oxygen atoms in total. The molecule has 0 aliphatic heterocycles. The molecule has 0 bridgehead atoms. The summed E-state index contributed by atoms with van der Waals surface area (Å²) in [6.07, 6.45) is -0.0732. The van der Waals surface area contributed by atoms with Crippen LogP contribution in [-0.4, -0.2) is 32.2 Å². The van der Waals surface area contributed by atoms with Gasteiger partial charge in [-0.25, -0.2) is 13.2 Å². The van der Waals surface area contributed by atoms with Crippen molar-refractivity contribution in [3.8, 4) is 0 Å². The number of furan rings is 1. The summed E-state index contributed by atoms with van der Waals surface area (Å²) in [5, 5.41) is 10.1. The van der Waals surface area contributed by atoms with E-state index in [0.717, 1.165) is 5.56 Å². The van der Waals surface area contributed by atoms with Crippen molar-refractivity contribution in [1.82, 2.24) is 0 Å². The molecule has 0 spiro atoms. The van der Waals surface area contributed by atoms with Gasteiger partial charge >= 0.3 is 5.97 Å². The van der Waals surface area contributed by atoms with Gasteiger partial charge in [0.05, 0.1) is 29.4 Å². The number of esters is 1. The molecule has 1 aromatic carbocycles. The zero-order chi connectivity index (χ0) is 18.6. The third-order valence-corrected chi connectivity index (χ3v) is 5.60. The Bertz CT molecular complexity index is 820. The fraction of sp³-hybridized carbons (Fsp3) is 0.389. The zero-order valence-corrected chi connectivity index (χ0v) is 15.2. The summed E-state index contributed by atoms with van der Waals surface area (Å²) < 4.78 is 35.3. The molecular weight excluding hydrogens is 344 g/mol. The van der Waals surface area contributed by atoms with Gasteiger partial charge in [-0.1, -0.05) is 24.6 Å². The molecule has 0 fully saturated rings. The number of hydrogen-bond donors (Lipinski definition) is 1. The monoisotopic (exact) mass is 366 g/mol. The maximum atomic E-state index is 12.6. The Hall–Kier alpha value is -2.12. The lowest BCUT2D eigenvalue weighted by atomic mass is 9.99. The first-order valence-electron chi connectivity index (χ1n) is 7.96. The molecule has 25 heavy (non-hydrogen) atoms. The van der Waals surface area contributed by atoms with E-state index >= 15 is 0 Å². The van der Waals surface area contributed by atoms with Gasteiger partial charge in [0.2, 0.25) is 0 Å².